The number of benzene rings is 1. The summed E-state index contributed by atoms with van der Waals surface area (Å²) >= 11 is 0. The Morgan fingerprint density at radius 3 is 2.79 bits per heavy atom. The Labute approximate surface area is 78.2 Å². The fraction of sp³-hybridized carbons (Fsp3) is 0. The van der Waals surface area contributed by atoms with Crippen molar-refractivity contribution in [2.24, 2.45) is 5.73 Å². The minimum Gasteiger partial charge on any atom is -0.370 e. The molecule has 7 heteroatoms. The molecular formula is C7H7FN4O2. The topological polar surface area (TPSA) is 105 Å². The maximum Gasteiger partial charge on any atom is 0.295 e. The number of guanidine groups is 1. The van der Waals surface area contributed by atoms with Crippen molar-refractivity contribution < 1.29 is 9.31 Å². The van der Waals surface area contributed by atoms with E-state index in [2.05, 4.69) is 5.32 Å². The molecule has 0 atom stereocenters. The van der Waals surface area contributed by atoms with Gasteiger partial charge in [-0.2, -0.15) is 0 Å². The van der Waals surface area contributed by atoms with Crippen molar-refractivity contribution in [2.45, 2.75) is 0 Å². The minimum absolute atomic E-state index is 0.0103. The van der Waals surface area contributed by atoms with Gasteiger partial charge in [-0.05, 0) is 12.1 Å². The number of halogens is 1. The zero-order valence-electron chi connectivity index (χ0n) is 6.95. The van der Waals surface area contributed by atoms with Crippen molar-refractivity contribution >= 4 is 17.3 Å². The molecule has 0 unspecified atom stereocenters. The van der Waals surface area contributed by atoms with Crippen molar-refractivity contribution in [3.05, 3.63) is 34.1 Å². The van der Waals surface area contributed by atoms with Crippen LogP contribution in [0, 0.1) is 21.3 Å². The summed E-state index contributed by atoms with van der Waals surface area (Å²) < 4.78 is 12.6. The summed E-state index contributed by atoms with van der Waals surface area (Å²) in [5, 5.41) is 19.6. The summed E-state index contributed by atoms with van der Waals surface area (Å²) in [7, 11) is 0. The number of nitrogens with two attached hydrogens (primary N) is 1. The smallest absolute Gasteiger partial charge is 0.295 e. The summed E-state index contributed by atoms with van der Waals surface area (Å²) in [5.74, 6) is -1.16. The Morgan fingerprint density at radius 1 is 1.64 bits per heavy atom. The van der Waals surface area contributed by atoms with Crippen molar-refractivity contribution in [1.29, 1.82) is 5.41 Å². The van der Waals surface area contributed by atoms with Gasteiger partial charge in [0.05, 0.1) is 11.0 Å². The highest BCUT2D eigenvalue weighted by Crippen LogP contribution is 2.24. The second-order valence-electron chi connectivity index (χ2n) is 2.46. The average molecular weight is 198 g/mol. The van der Waals surface area contributed by atoms with Gasteiger partial charge < -0.3 is 11.1 Å². The van der Waals surface area contributed by atoms with Gasteiger partial charge in [0, 0.05) is 0 Å². The Bertz CT molecular complexity index is 393. The Hall–Kier alpha value is -2.18. The van der Waals surface area contributed by atoms with E-state index in [0.717, 1.165) is 18.2 Å². The molecule has 0 amide bonds. The van der Waals surface area contributed by atoms with Crippen LogP contribution in [0.1, 0.15) is 0 Å². The van der Waals surface area contributed by atoms with E-state index in [4.69, 9.17) is 11.1 Å². The van der Waals surface area contributed by atoms with E-state index in [1.807, 2.05) is 0 Å². The van der Waals surface area contributed by atoms with E-state index in [1.165, 1.54) is 0 Å². The molecule has 1 aromatic carbocycles. The number of nitrogens with one attached hydrogen (secondary N) is 2. The van der Waals surface area contributed by atoms with Crippen molar-refractivity contribution in [2.75, 3.05) is 5.32 Å². The van der Waals surface area contributed by atoms with Crippen LogP contribution in [0.5, 0.6) is 0 Å². The van der Waals surface area contributed by atoms with Gasteiger partial charge in [-0.15, -0.1) is 0 Å². The first-order valence-electron chi connectivity index (χ1n) is 3.55. The van der Waals surface area contributed by atoms with Gasteiger partial charge in [0.2, 0.25) is 0 Å². The molecule has 14 heavy (non-hydrogen) atoms. The Morgan fingerprint density at radius 2 is 2.29 bits per heavy atom. The normalized spacial score (nSPS) is 9.50. The molecule has 0 radical (unpaired) electrons. The molecule has 74 valence electrons. The van der Waals surface area contributed by atoms with Crippen LogP contribution in [-0.4, -0.2) is 10.9 Å². The zero-order valence-corrected chi connectivity index (χ0v) is 6.95. The molecule has 4 N–H and O–H groups in total. The molecule has 0 aliphatic heterocycles. The number of nitrogens with zero attached hydrogens (tertiary/aromatic N) is 1. The predicted molar refractivity (Wildman–Crippen MR) is 48.6 cm³/mol. The number of hydrogen-bond donors (Lipinski definition) is 3. The quantitative estimate of drug-likeness (QED) is 0.285. The van der Waals surface area contributed by atoms with Gasteiger partial charge in [-0.1, -0.05) is 0 Å². The molecule has 0 bridgehead atoms. The standard InChI is InChI=1S/C7H7FN4O2/c8-4-1-2-5(11-7(9)10)6(3-4)12(13)14/h1-3H,(H4,9,10,11). The van der Waals surface area contributed by atoms with Crippen LogP contribution in [0.2, 0.25) is 0 Å². The van der Waals surface area contributed by atoms with Crippen LogP contribution < -0.4 is 11.1 Å². The van der Waals surface area contributed by atoms with Crippen LogP contribution in [-0.2, 0) is 0 Å². The van der Waals surface area contributed by atoms with Crippen molar-refractivity contribution in [3.63, 3.8) is 0 Å². The fourth-order valence-electron chi connectivity index (χ4n) is 0.907. The lowest BCUT2D eigenvalue weighted by Crippen LogP contribution is -2.21. The van der Waals surface area contributed by atoms with E-state index >= 15 is 0 Å². The predicted octanol–water partition coefficient (Wildman–Crippen LogP) is 1.04. The highest BCUT2D eigenvalue weighted by molar-refractivity contribution is 5.92. The number of anilines is 1. The van der Waals surface area contributed by atoms with Crippen LogP contribution in [0.3, 0.4) is 0 Å². The van der Waals surface area contributed by atoms with Crippen LogP contribution in [0.15, 0.2) is 18.2 Å². The molecule has 0 spiro atoms. The highest BCUT2D eigenvalue weighted by atomic mass is 19.1. The molecule has 0 aliphatic carbocycles. The summed E-state index contributed by atoms with van der Waals surface area (Å²) in [6, 6.07) is 2.94. The molecule has 6 nitrogen and oxygen atoms in total. The molecule has 0 heterocycles. The van der Waals surface area contributed by atoms with Gasteiger partial charge in [-0.25, -0.2) is 4.39 Å². The molecular weight excluding hydrogens is 191 g/mol. The number of nitro benzene ring substituents is 1. The SMILES string of the molecule is N=C(N)Nc1ccc(F)cc1[N+](=O)[O-]. The van der Waals surface area contributed by atoms with E-state index in [1.54, 1.807) is 0 Å². The van der Waals surface area contributed by atoms with Crippen LogP contribution in [0.4, 0.5) is 15.8 Å². The molecule has 0 saturated heterocycles. The highest BCUT2D eigenvalue weighted by Gasteiger charge is 2.14. The maximum atomic E-state index is 12.6. The fourth-order valence-corrected chi connectivity index (χ4v) is 0.907. The zero-order chi connectivity index (χ0) is 10.7. The summed E-state index contributed by atoms with van der Waals surface area (Å²) in [5.41, 5.74) is 4.52. The first kappa shape index (κ1) is 9.90. The summed E-state index contributed by atoms with van der Waals surface area (Å²) in [6.07, 6.45) is 0. The maximum absolute atomic E-state index is 12.6. The van der Waals surface area contributed by atoms with E-state index in [0.29, 0.717) is 0 Å². The number of rotatable bonds is 2. The largest absolute Gasteiger partial charge is 0.370 e. The second-order valence-corrected chi connectivity index (χ2v) is 2.46. The summed E-state index contributed by atoms with van der Waals surface area (Å²) in [6.45, 7) is 0. The van der Waals surface area contributed by atoms with Crippen LogP contribution >= 0.6 is 0 Å². The minimum atomic E-state index is -0.756. The lowest BCUT2D eigenvalue weighted by atomic mass is 10.2. The Balaban J connectivity index is 3.14. The third-order valence-electron chi connectivity index (χ3n) is 1.43. The molecule has 0 aromatic heterocycles. The third kappa shape index (κ3) is 2.16. The van der Waals surface area contributed by atoms with Gasteiger partial charge in [0.1, 0.15) is 11.5 Å². The van der Waals surface area contributed by atoms with Gasteiger partial charge in [0.15, 0.2) is 5.96 Å². The monoisotopic (exact) mass is 198 g/mol. The van der Waals surface area contributed by atoms with Gasteiger partial charge >= 0.3 is 0 Å². The van der Waals surface area contributed by atoms with Gasteiger partial charge in [0.25, 0.3) is 5.69 Å². The molecule has 0 aliphatic rings. The second kappa shape index (κ2) is 3.69. The Kier molecular flexibility index (Phi) is 2.61. The molecule has 1 aromatic rings. The first-order chi connectivity index (χ1) is 6.50. The molecule has 0 saturated carbocycles. The van der Waals surface area contributed by atoms with E-state index < -0.39 is 22.4 Å². The van der Waals surface area contributed by atoms with E-state index in [9.17, 15) is 14.5 Å². The first-order valence-corrected chi connectivity index (χ1v) is 3.55. The number of nitro groups is 1. The van der Waals surface area contributed by atoms with Gasteiger partial charge in [-0.3, -0.25) is 15.5 Å². The van der Waals surface area contributed by atoms with Crippen LogP contribution in [0.25, 0.3) is 0 Å². The molecule has 1 rings (SSSR count). The average Bonchev–Trinajstić information content (AvgIpc) is 2.07. The van der Waals surface area contributed by atoms with Crippen molar-refractivity contribution in [1.82, 2.24) is 0 Å². The summed E-state index contributed by atoms with van der Waals surface area (Å²) in [4.78, 5) is 9.69. The number of hydrogen-bond acceptors (Lipinski definition) is 3. The lowest BCUT2D eigenvalue weighted by molar-refractivity contribution is -0.384. The van der Waals surface area contributed by atoms with E-state index in [-0.39, 0.29) is 5.69 Å². The third-order valence-corrected chi connectivity index (χ3v) is 1.43. The van der Waals surface area contributed by atoms with Crippen molar-refractivity contribution in [3.8, 4) is 0 Å². The lowest BCUT2D eigenvalue weighted by Gasteiger charge is -2.03. The molecule has 0 fully saturated rings.